The van der Waals surface area contributed by atoms with E-state index in [1.165, 1.54) is 6.08 Å². The number of nitriles is 2. The quantitative estimate of drug-likeness (QED) is 0.173. The number of ether oxygens (including phenoxy) is 2. The Morgan fingerprint density at radius 1 is 0.680 bits per heavy atom. The van der Waals surface area contributed by atoms with Crippen molar-refractivity contribution >= 4 is 17.9 Å². The molecule has 0 N–H and O–H groups in total. The summed E-state index contributed by atoms with van der Waals surface area (Å²) in [5.74, 6) is 1.43. The number of amides is 2. The third kappa shape index (κ3) is 8.29. The number of carbonyl (C=O) groups excluding carboxylic acids is 2. The average Bonchev–Trinajstić information content (AvgIpc) is 3.17. The predicted octanol–water partition coefficient (Wildman–Crippen LogP) is 7.40. The molecule has 2 aliphatic rings. The summed E-state index contributed by atoms with van der Waals surface area (Å²) < 4.78 is 12.4. The standard InChI is InChI=1S/C42H38N4O4/c1-2-41(47)45-22-18-38(19-23-45)50-37-15-11-33(12-16-37)40-27-30(6-8-35(40)29-44)7-17-42(48)46-24-20-39(21-25-46)49-36-13-9-32(10-14-36)34-5-3-4-31(26-34)28-43/h2-17,26-27,38-39H,1,18-25H2/b17-7+. The zero-order valence-corrected chi connectivity index (χ0v) is 27.8. The van der Waals surface area contributed by atoms with Crippen molar-refractivity contribution in [3.05, 3.63) is 126 Å². The number of hydrogen-bond acceptors (Lipinski definition) is 6. The molecule has 4 aromatic rings. The minimum absolute atomic E-state index is 0.0229. The number of benzene rings is 4. The highest BCUT2D eigenvalue weighted by Gasteiger charge is 2.24. The normalized spacial score (nSPS) is 15.2. The maximum absolute atomic E-state index is 13.1. The first-order valence-electron chi connectivity index (χ1n) is 16.9. The Kier molecular flexibility index (Phi) is 10.7. The van der Waals surface area contributed by atoms with Crippen molar-refractivity contribution in [2.45, 2.75) is 37.9 Å². The molecule has 0 saturated carbocycles. The Labute approximate surface area is 293 Å². The largest absolute Gasteiger partial charge is 0.490 e. The van der Waals surface area contributed by atoms with E-state index in [-0.39, 0.29) is 24.0 Å². The second kappa shape index (κ2) is 15.9. The van der Waals surface area contributed by atoms with E-state index in [4.69, 9.17) is 9.47 Å². The fourth-order valence-electron chi connectivity index (χ4n) is 6.38. The Bertz CT molecular complexity index is 1950. The van der Waals surface area contributed by atoms with E-state index < -0.39 is 0 Å². The van der Waals surface area contributed by atoms with Gasteiger partial charge in [0.05, 0.1) is 23.3 Å². The Morgan fingerprint density at radius 3 is 1.82 bits per heavy atom. The first kappa shape index (κ1) is 33.8. The predicted molar refractivity (Wildman–Crippen MR) is 193 cm³/mol. The summed E-state index contributed by atoms with van der Waals surface area (Å²) in [6.07, 6.45) is 7.79. The summed E-state index contributed by atoms with van der Waals surface area (Å²) in [5, 5.41) is 19.0. The molecule has 0 bridgehead atoms. The van der Waals surface area contributed by atoms with Gasteiger partial charge in [0, 0.05) is 63.5 Å². The fraction of sp³-hybridized carbons (Fsp3) is 0.238. The summed E-state index contributed by atoms with van der Waals surface area (Å²) >= 11 is 0. The number of hydrogen-bond donors (Lipinski definition) is 0. The molecular weight excluding hydrogens is 624 g/mol. The smallest absolute Gasteiger partial charge is 0.246 e. The highest BCUT2D eigenvalue weighted by atomic mass is 16.5. The van der Waals surface area contributed by atoms with E-state index in [0.717, 1.165) is 65.0 Å². The van der Waals surface area contributed by atoms with Crippen molar-refractivity contribution in [2.24, 2.45) is 0 Å². The van der Waals surface area contributed by atoms with Crippen molar-refractivity contribution in [2.75, 3.05) is 26.2 Å². The summed E-state index contributed by atoms with van der Waals surface area (Å²) in [5.41, 5.74) is 5.67. The molecule has 0 unspecified atom stereocenters. The van der Waals surface area contributed by atoms with Crippen molar-refractivity contribution in [1.29, 1.82) is 10.5 Å². The minimum atomic E-state index is -0.0560. The van der Waals surface area contributed by atoms with Crippen LogP contribution in [0, 0.1) is 22.7 Å². The number of carbonyl (C=O) groups is 2. The van der Waals surface area contributed by atoms with Crippen molar-refractivity contribution in [1.82, 2.24) is 9.80 Å². The van der Waals surface area contributed by atoms with Crippen molar-refractivity contribution in [3.8, 4) is 45.9 Å². The molecule has 0 aliphatic carbocycles. The molecule has 0 atom stereocenters. The van der Waals surface area contributed by atoms with Gasteiger partial charge in [0.15, 0.2) is 0 Å². The average molecular weight is 663 g/mol. The highest BCUT2D eigenvalue weighted by Crippen LogP contribution is 2.29. The van der Waals surface area contributed by atoms with E-state index in [1.54, 1.807) is 29.2 Å². The third-order valence-electron chi connectivity index (χ3n) is 9.21. The lowest BCUT2D eigenvalue weighted by Crippen LogP contribution is -2.41. The van der Waals surface area contributed by atoms with Gasteiger partial charge >= 0.3 is 0 Å². The van der Waals surface area contributed by atoms with Gasteiger partial charge in [-0.2, -0.15) is 10.5 Å². The van der Waals surface area contributed by atoms with Crippen LogP contribution in [0.2, 0.25) is 0 Å². The van der Waals surface area contributed by atoms with E-state index in [0.29, 0.717) is 37.3 Å². The summed E-state index contributed by atoms with van der Waals surface area (Å²) in [4.78, 5) is 28.6. The molecule has 50 heavy (non-hydrogen) atoms. The van der Waals surface area contributed by atoms with Crippen LogP contribution in [0.4, 0.5) is 0 Å². The van der Waals surface area contributed by atoms with Crippen LogP contribution in [-0.2, 0) is 9.59 Å². The first-order chi connectivity index (χ1) is 24.4. The Balaban J connectivity index is 1.01. The van der Waals surface area contributed by atoms with Gasteiger partial charge < -0.3 is 19.3 Å². The van der Waals surface area contributed by atoms with E-state index in [9.17, 15) is 20.1 Å². The second-order valence-corrected chi connectivity index (χ2v) is 12.5. The Hall–Kier alpha value is -6.12. The van der Waals surface area contributed by atoms with Gasteiger partial charge in [0.1, 0.15) is 23.7 Å². The van der Waals surface area contributed by atoms with Gasteiger partial charge in [-0.1, -0.05) is 49.0 Å². The molecule has 0 spiro atoms. The van der Waals surface area contributed by atoms with E-state index >= 15 is 0 Å². The van der Waals surface area contributed by atoms with E-state index in [2.05, 4.69) is 18.7 Å². The van der Waals surface area contributed by atoms with Gasteiger partial charge in [0.25, 0.3) is 0 Å². The van der Waals surface area contributed by atoms with Crippen molar-refractivity contribution in [3.63, 3.8) is 0 Å². The molecule has 2 aliphatic heterocycles. The molecule has 6 rings (SSSR count). The minimum Gasteiger partial charge on any atom is -0.490 e. The second-order valence-electron chi connectivity index (χ2n) is 12.5. The zero-order chi connectivity index (χ0) is 34.9. The third-order valence-corrected chi connectivity index (χ3v) is 9.21. The monoisotopic (exact) mass is 662 g/mol. The molecule has 8 heteroatoms. The molecule has 4 aromatic carbocycles. The molecule has 250 valence electrons. The molecule has 2 amide bonds. The van der Waals surface area contributed by atoms with E-state index in [1.807, 2.05) is 83.8 Å². The lowest BCUT2D eigenvalue weighted by atomic mass is 9.97. The van der Waals surface area contributed by atoms with Gasteiger partial charge in [-0.15, -0.1) is 0 Å². The first-order valence-corrected chi connectivity index (χ1v) is 16.9. The van der Waals surface area contributed by atoms with Gasteiger partial charge in [-0.25, -0.2) is 0 Å². The lowest BCUT2D eigenvalue weighted by molar-refractivity contribution is -0.128. The van der Waals surface area contributed by atoms with Crippen molar-refractivity contribution < 1.29 is 19.1 Å². The van der Waals surface area contributed by atoms with Crippen LogP contribution >= 0.6 is 0 Å². The van der Waals surface area contributed by atoms with Crippen LogP contribution in [0.25, 0.3) is 28.3 Å². The zero-order valence-electron chi connectivity index (χ0n) is 27.8. The van der Waals surface area contributed by atoms with Crippen LogP contribution in [0.15, 0.2) is 110 Å². The molecule has 2 saturated heterocycles. The Morgan fingerprint density at radius 2 is 1.26 bits per heavy atom. The van der Waals surface area contributed by atoms with Gasteiger partial charge in [-0.3, -0.25) is 9.59 Å². The van der Waals surface area contributed by atoms with Crippen LogP contribution in [0.1, 0.15) is 42.4 Å². The SMILES string of the molecule is C=CC(=O)N1CCC(Oc2ccc(-c3cc(/C=C/C(=O)N4CCC(Oc5ccc(-c6cccc(C#N)c6)cc5)CC4)ccc3C#N)cc2)CC1. The summed E-state index contributed by atoms with van der Waals surface area (Å²) in [6.45, 7) is 6.06. The number of likely N-dealkylation sites (tertiary alicyclic amines) is 2. The molecule has 0 radical (unpaired) electrons. The number of nitrogens with zero attached hydrogens (tertiary/aromatic N) is 4. The van der Waals surface area contributed by atoms with Gasteiger partial charge in [0.2, 0.25) is 11.8 Å². The number of rotatable bonds is 9. The summed E-state index contributed by atoms with van der Waals surface area (Å²) in [7, 11) is 0. The highest BCUT2D eigenvalue weighted by molar-refractivity contribution is 5.92. The molecule has 2 fully saturated rings. The molecular formula is C42H38N4O4. The number of piperidine rings is 2. The maximum Gasteiger partial charge on any atom is 0.246 e. The molecule has 2 heterocycles. The lowest BCUT2D eigenvalue weighted by Gasteiger charge is -2.31. The molecule has 0 aromatic heterocycles. The summed E-state index contributed by atoms with van der Waals surface area (Å²) in [6, 6.07) is 33.1. The van der Waals surface area contributed by atoms with Crippen LogP contribution in [-0.4, -0.2) is 60.0 Å². The molecule has 8 nitrogen and oxygen atoms in total. The topological polar surface area (TPSA) is 107 Å². The van der Waals surface area contributed by atoms with Gasteiger partial charge in [-0.05, 0) is 82.9 Å². The van der Waals surface area contributed by atoms with Crippen LogP contribution < -0.4 is 9.47 Å². The maximum atomic E-state index is 13.1. The van der Waals surface area contributed by atoms with Crippen LogP contribution in [0.3, 0.4) is 0 Å². The van der Waals surface area contributed by atoms with Crippen LogP contribution in [0.5, 0.6) is 11.5 Å². The fourth-order valence-corrected chi connectivity index (χ4v) is 6.38.